The average Bonchev–Trinajstić information content (AvgIpc) is 3.06. The van der Waals surface area contributed by atoms with E-state index in [4.69, 9.17) is 0 Å². The minimum atomic E-state index is -0.0963. The van der Waals surface area contributed by atoms with E-state index >= 15 is 0 Å². The van der Waals surface area contributed by atoms with Crippen LogP contribution in [0.5, 0.6) is 0 Å². The van der Waals surface area contributed by atoms with Crippen molar-refractivity contribution in [2.24, 2.45) is 11.8 Å². The molecule has 0 aliphatic heterocycles. The van der Waals surface area contributed by atoms with E-state index in [0.29, 0.717) is 5.13 Å². The van der Waals surface area contributed by atoms with Gasteiger partial charge >= 0.3 is 6.03 Å². The highest BCUT2D eigenvalue weighted by molar-refractivity contribution is 7.13. The summed E-state index contributed by atoms with van der Waals surface area (Å²) in [5.41, 5.74) is 2.97. The number of carbonyl (C=O) groups is 1. The molecular formula is C21H25N3OS. The third kappa shape index (κ3) is 2.73. The molecule has 136 valence electrons. The number of hydrogen-bond donors (Lipinski definition) is 2. The molecule has 6 rings (SSSR count). The van der Waals surface area contributed by atoms with E-state index in [1.807, 2.05) is 5.38 Å². The number of aryl methyl sites for hydroxylation is 1. The zero-order valence-corrected chi connectivity index (χ0v) is 15.9. The average molecular weight is 368 g/mol. The van der Waals surface area contributed by atoms with Crippen LogP contribution in [-0.2, 0) is 5.41 Å². The summed E-state index contributed by atoms with van der Waals surface area (Å²) in [6.07, 6.45) is 8.95. The van der Waals surface area contributed by atoms with Gasteiger partial charge in [0, 0.05) is 17.1 Å². The fraction of sp³-hybridized carbons (Fsp3) is 0.524. The Balaban J connectivity index is 1.41. The van der Waals surface area contributed by atoms with Crippen LogP contribution in [0.4, 0.5) is 9.93 Å². The Hall–Kier alpha value is -1.88. The second-order valence-electron chi connectivity index (χ2n) is 8.80. The van der Waals surface area contributed by atoms with Gasteiger partial charge in [0.15, 0.2) is 5.13 Å². The molecule has 2 atom stereocenters. The van der Waals surface area contributed by atoms with E-state index in [9.17, 15) is 4.79 Å². The van der Waals surface area contributed by atoms with Crippen LogP contribution in [0.3, 0.4) is 0 Å². The van der Waals surface area contributed by atoms with E-state index in [1.165, 1.54) is 41.7 Å². The molecule has 1 heterocycles. The van der Waals surface area contributed by atoms with Crippen molar-refractivity contribution in [2.75, 3.05) is 5.32 Å². The van der Waals surface area contributed by atoms with Crippen LogP contribution < -0.4 is 10.6 Å². The van der Waals surface area contributed by atoms with Crippen molar-refractivity contribution in [3.8, 4) is 0 Å². The molecule has 2 N–H and O–H groups in total. The summed E-state index contributed by atoms with van der Waals surface area (Å²) in [4.78, 5) is 16.8. The lowest BCUT2D eigenvalue weighted by Crippen LogP contribution is -2.64. The first kappa shape index (κ1) is 16.3. The van der Waals surface area contributed by atoms with Gasteiger partial charge in [-0.2, -0.15) is 0 Å². The first-order valence-corrected chi connectivity index (χ1v) is 10.5. The van der Waals surface area contributed by atoms with Crippen LogP contribution >= 0.6 is 11.3 Å². The first-order chi connectivity index (χ1) is 12.5. The standard InChI is InChI=1S/C21H25N3OS/c1-14-2-4-17(5-3-14)20-9-15-8-16(10-20)12-21(11-15,13-20)24-18(25)23-19-22-6-7-26-19/h2-7,15-16H,8-13H2,1H3,(H2,22,23,24,25)/t15-,16-,20?,21?/m1/s1. The van der Waals surface area contributed by atoms with Gasteiger partial charge in [0.1, 0.15) is 0 Å². The van der Waals surface area contributed by atoms with E-state index in [2.05, 4.69) is 46.8 Å². The number of thiazole rings is 1. The van der Waals surface area contributed by atoms with Crippen LogP contribution in [0.25, 0.3) is 0 Å². The summed E-state index contributed by atoms with van der Waals surface area (Å²) in [6.45, 7) is 2.15. The molecule has 4 fully saturated rings. The summed E-state index contributed by atoms with van der Waals surface area (Å²) in [7, 11) is 0. The maximum atomic E-state index is 12.6. The first-order valence-electron chi connectivity index (χ1n) is 9.60. The maximum Gasteiger partial charge on any atom is 0.321 e. The molecule has 4 saturated carbocycles. The molecule has 1 aromatic carbocycles. The minimum Gasteiger partial charge on any atom is -0.332 e. The van der Waals surface area contributed by atoms with Crippen molar-refractivity contribution in [1.29, 1.82) is 0 Å². The van der Waals surface area contributed by atoms with Gasteiger partial charge in [-0.25, -0.2) is 9.78 Å². The number of amides is 2. The van der Waals surface area contributed by atoms with Gasteiger partial charge in [0.05, 0.1) is 0 Å². The van der Waals surface area contributed by atoms with Gasteiger partial charge in [-0.1, -0.05) is 29.8 Å². The number of nitrogens with zero attached hydrogens (tertiary/aromatic N) is 1. The topological polar surface area (TPSA) is 54.0 Å². The van der Waals surface area contributed by atoms with Crippen LogP contribution in [0.15, 0.2) is 35.8 Å². The van der Waals surface area contributed by atoms with Gasteiger partial charge in [-0.05, 0) is 68.3 Å². The molecule has 4 nitrogen and oxygen atoms in total. The second-order valence-corrected chi connectivity index (χ2v) is 9.70. The van der Waals surface area contributed by atoms with Crippen LogP contribution in [-0.4, -0.2) is 16.6 Å². The number of nitrogens with one attached hydrogen (secondary N) is 2. The normalized spacial score (nSPS) is 34.7. The molecule has 5 heteroatoms. The van der Waals surface area contributed by atoms with Crippen LogP contribution in [0.2, 0.25) is 0 Å². The largest absolute Gasteiger partial charge is 0.332 e. The molecule has 4 aliphatic rings. The summed E-state index contributed by atoms with van der Waals surface area (Å²) < 4.78 is 0. The Morgan fingerprint density at radius 2 is 1.88 bits per heavy atom. The Bertz CT molecular complexity index is 800. The highest BCUT2D eigenvalue weighted by Gasteiger charge is 2.58. The molecular weight excluding hydrogens is 342 g/mol. The molecule has 0 unspecified atom stereocenters. The molecule has 2 aromatic rings. The zero-order valence-electron chi connectivity index (χ0n) is 15.1. The van der Waals surface area contributed by atoms with E-state index < -0.39 is 0 Å². The van der Waals surface area contributed by atoms with Crippen LogP contribution in [0, 0.1) is 18.8 Å². The predicted octanol–water partition coefficient (Wildman–Crippen LogP) is 4.86. The maximum absolute atomic E-state index is 12.6. The van der Waals surface area contributed by atoms with Gasteiger partial charge in [0.2, 0.25) is 0 Å². The number of hydrogen-bond acceptors (Lipinski definition) is 3. The second kappa shape index (κ2) is 5.81. The summed E-state index contributed by atoms with van der Waals surface area (Å²) in [6, 6.07) is 9.03. The fourth-order valence-electron chi connectivity index (χ4n) is 6.31. The monoisotopic (exact) mass is 367 g/mol. The summed E-state index contributed by atoms with van der Waals surface area (Å²) >= 11 is 1.46. The molecule has 2 amide bonds. The van der Waals surface area contributed by atoms with Crippen LogP contribution in [0.1, 0.15) is 49.7 Å². The lowest BCUT2D eigenvalue weighted by Gasteiger charge is -2.62. The SMILES string of the molecule is Cc1ccc(C23C[C@H]4C[C@@H](CC(NC(=O)Nc5nccs5)(C4)C2)C3)cc1. The highest BCUT2D eigenvalue weighted by Crippen LogP contribution is 2.62. The number of benzene rings is 1. The van der Waals surface area contributed by atoms with Crippen molar-refractivity contribution in [2.45, 2.75) is 56.4 Å². The third-order valence-electron chi connectivity index (χ3n) is 6.76. The quantitative estimate of drug-likeness (QED) is 0.814. The number of carbonyl (C=O) groups excluding carboxylic acids is 1. The van der Waals surface area contributed by atoms with E-state index in [0.717, 1.165) is 31.1 Å². The Morgan fingerprint density at radius 3 is 2.54 bits per heavy atom. The smallest absolute Gasteiger partial charge is 0.321 e. The van der Waals surface area contributed by atoms with E-state index in [-0.39, 0.29) is 17.0 Å². The van der Waals surface area contributed by atoms with Crippen molar-refractivity contribution in [1.82, 2.24) is 10.3 Å². The summed E-state index contributed by atoms with van der Waals surface area (Å²) in [5.74, 6) is 1.47. The molecule has 26 heavy (non-hydrogen) atoms. The Kier molecular flexibility index (Phi) is 3.64. The molecule has 4 bridgehead atoms. The minimum absolute atomic E-state index is 0.0592. The molecule has 0 saturated heterocycles. The molecule has 4 aliphatic carbocycles. The van der Waals surface area contributed by atoms with Crippen molar-refractivity contribution < 1.29 is 4.79 Å². The molecule has 0 spiro atoms. The van der Waals surface area contributed by atoms with Gasteiger partial charge in [-0.15, -0.1) is 11.3 Å². The molecule has 1 aromatic heterocycles. The highest BCUT2D eigenvalue weighted by atomic mass is 32.1. The number of rotatable bonds is 3. The van der Waals surface area contributed by atoms with Crippen molar-refractivity contribution in [3.63, 3.8) is 0 Å². The lowest BCUT2D eigenvalue weighted by atomic mass is 9.45. The van der Waals surface area contributed by atoms with Gasteiger partial charge < -0.3 is 5.32 Å². The van der Waals surface area contributed by atoms with Gasteiger partial charge in [-0.3, -0.25) is 5.32 Å². The zero-order chi connectivity index (χ0) is 17.8. The Morgan fingerprint density at radius 1 is 1.15 bits per heavy atom. The fourth-order valence-corrected chi connectivity index (χ4v) is 6.83. The predicted molar refractivity (Wildman–Crippen MR) is 105 cm³/mol. The number of urea groups is 1. The van der Waals surface area contributed by atoms with Crippen molar-refractivity contribution >= 4 is 22.5 Å². The lowest BCUT2D eigenvalue weighted by molar-refractivity contribution is -0.0343. The Labute approximate surface area is 158 Å². The van der Waals surface area contributed by atoms with Gasteiger partial charge in [0.25, 0.3) is 0 Å². The number of aromatic nitrogens is 1. The third-order valence-corrected chi connectivity index (χ3v) is 7.45. The van der Waals surface area contributed by atoms with E-state index in [1.54, 1.807) is 6.20 Å². The van der Waals surface area contributed by atoms with Crippen molar-refractivity contribution in [3.05, 3.63) is 47.0 Å². The molecule has 0 radical (unpaired) electrons. The summed E-state index contributed by atoms with van der Waals surface area (Å²) in [5, 5.41) is 8.85. The number of anilines is 1.